The van der Waals surface area contributed by atoms with E-state index in [2.05, 4.69) is 9.71 Å². The number of rotatable bonds is 13. The van der Waals surface area contributed by atoms with Crippen molar-refractivity contribution < 1.29 is 32.6 Å². The number of carboxylic acid groups (broad SMARTS) is 1. The second kappa shape index (κ2) is 13.5. The molecule has 39 heavy (non-hydrogen) atoms. The molecule has 214 valence electrons. The highest BCUT2D eigenvalue weighted by Crippen LogP contribution is 2.32. The number of nitrogens with two attached hydrogens (primary N) is 2. The second-order valence-corrected chi connectivity index (χ2v) is 11.2. The summed E-state index contributed by atoms with van der Waals surface area (Å²) in [6.45, 7) is -0.330. The van der Waals surface area contributed by atoms with Crippen molar-refractivity contribution in [3.8, 4) is 11.5 Å². The number of nitrogens with one attached hydrogen (secondary N) is 1. The minimum absolute atomic E-state index is 0.0690. The summed E-state index contributed by atoms with van der Waals surface area (Å²) in [5.41, 5.74) is 10.8. The van der Waals surface area contributed by atoms with E-state index in [0.29, 0.717) is 41.5 Å². The molecule has 6 N–H and O–H groups in total. The monoisotopic (exact) mass is 563 g/mol. The lowest BCUT2D eigenvalue weighted by atomic mass is 9.93. The molecule has 2 aromatic rings. The average molecular weight is 564 g/mol. The maximum Gasteiger partial charge on any atom is 0.323 e. The Kier molecular flexibility index (Phi) is 10.4. The molecule has 0 bridgehead atoms. The molecule has 0 aliphatic heterocycles. The summed E-state index contributed by atoms with van der Waals surface area (Å²) < 4.78 is 40.4. The van der Waals surface area contributed by atoms with Crippen molar-refractivity contribution in [2.24, 2.45) is 16.5 Å². The molecular weight excluding hydrogens is 526 g/mol. The van der Waals surface area contributed by atoms with Gasteiger partial charge in [0.25, 0.3) is 0 Å². The van der Waals surface area contributed by atoms with Crippen molar-refractivity contribution in [3.05, 3.63) is 30.3 Å². The van der Waals surface area contributed by atoms with Gasteiger partial charge in [0.05, 0.1) is 19.1 Å². The summed E-state index contributed by atoms with van der Waals surface area (Å²) in [6.07, 6.45) is 4.45. The molecule has 3 rings (SSSR count). The van der Waals surface area contributed by atoms with Crippen molar-refractivity contribution >= 4 is 38.6 Å². The molecule has 1 aliphatic rings. The molecule has 12 nitrogen and oxygen atoms in total. The number of carbonyl (C=O) groups excluding carboxylic acids is 1. The first-order chi connectivity index (χ1) is 18.6. The Balaban J connectivity index is 1.96. The smallest absolute Gasteiger partial charge is 0.323 e. The van der Waals surface area contributed by atoms with Crippen LogP contribution in [0.1, 0.15) is 44.9 Å². The largest absolute Gasteiger partial charge is 0.497 e. The van der Waals surface area contributed by atoms with Gasteiger partial charge in [-0.2, -0.15) is 4.72 Å². The number of benzene rings is 2. The van der Waals surface area contributed by atoms with Crippen LogP contribution in [0, 0.1) is 0 Å². The number of aliphatic imine (C=N–C) groups is 1. The van der Waals surface area contributed by atoms with Crippen LogP contribution >= 0.6 is 0 Å². The molecule has 0 aromatic heterocycles. The van der Waals surface area contributed by atoms with Crippen LogP contribution in [0.4, 0.5) is 0 Å². The zero-order valence-corrected chi connectivity index (χ0v) is 23.1. The maximum atomic E-state index is 13.7. The molecule has 0 spiro atoms. The van der Waals surface area contributed by atoms with Gasteiger partial charge in [-0.1, -0.05) is 25.3 Å². The van der Waals surface area contributed by atoms with Crippen molar-refractivity contribution in [1.29, 1.82) is 0 Å². The molecule has 0 unspecified atom stereocenters. The van der Waals surface area contributed by atoms with E-state index in [1.54, 1.807) is 18.2 Å². The molecule has 1 atom stereocenters. The first kappa shape index (κ1) is 30.0. The molecule has 1 saturated carbocycles. The number of ether oxygens (including phenoxy) is 2. The van der Waals surface area contributed by atoms with Crippen molar-refractivity contribution in [2.75, 3.05) is 27.3 Å². The van der Waals surface area contributed by atoms with Gasteiger partial charge in [0, 0.05) is 24.0 Å². The number of guanidine groups is 1. The van der Waals surface area contributed by atoms with Crippen LogP contribution in [0.2, 0.25) is 0 Å². The summed E-state index contributed by atoms with van der Waals surface area (Å²) >= 11 is 0. The topological polar surface area (TPSA) is 187 Å². The van der Waals surface area contributed by atoms with E-state index in [0.717, 1.165) is 19.3 Å². The van der Waals surface area contributed by atoms with Crippen LogP contribution in [0.15, 0.2) is 40.2 Å². The summed E-state index contributed by atoms with van der Waals surface area (Å²) in [6, 6.07) is 6.52. The number of fused-ring (bicyclic) bond motifs is 1. The van der Waals surface area contributed by atoms with Crippen LogP contribution in [-0.2, 0) is 19.6 Å². The Morgan fingerprint density at radius 1 is 1.13 bits per heavy atom. The standard InChI is InChI=1S/C26H37N5O7S/c1-37-19-11-10-17-13-20(15-23(38-2)21(17)14-19)39(35,36)30-22(9-6-12-29-26(27)28)25(34)31(16-24(32)33)18-7-4-3-5-8-18/h10-11,13-15,18,22,30H,3-9,12,16H2,1-2H3,(H,32,33)(H4,27,28,29)/t22-/m0/s1. The number of amides is 1. The molecule has 0 saturated heterocycles. The molecule has 13 heteroatoms. The third kappa shape index (κ3) is 7.96. The summed E-state index contributed by atoms with van der Waals surface area (Å²) in [7, 11) is -1.27. The fourth-order valence-electron chi connectivity index (χ4n) is 4.84. The van der Waals surface area contributed by atoms with E-state index in [1.165, 1.54) is 31.3 Å². The van der Waals surface area contributed by atoms with Crippen LogP contribution in [0.5, 0.6) is 11.5 Å². The second-order valence-electron chi connectivity index (χ2n) is 9.49. The van der Waals surface area contributed by atoms with Crippen molar-refractivity contribution in [1.82, 2.24) is 9.62 Å². The summed E-state index contributed by atoms with van der Waals surface area (Å²) in [5, 5.41) is 10.8. The van der Waals surface area contributed by atoms with Crippen LogP contribution in [0.25, 0.3) is 10.8 Å². The van der Waals surface area contributed by atoms with E-state index in [4.69, 9.17) is 20.9 Å². The molecular formula is C26H37N5O7S. The van der Waals surface area contributed by atoms with Crippen molar-refractivity contribution in [3.63, 3.8) is 0 Å². The molecule has 1 aliphatic carbocycles. The van der Waals surface area contributed by atoms with E-state index in [9.17, 15) is 23.1 Å². The van der Waals surface area contributed by atoms with Gasteiger partial charge in [-0.25, -0.2) is 8.42 Å². The number of carbonyl (C=O) groups is 2. The SMILES string of the molecule is COc1ccc2cc(S(=O)(=O)N[C@@H](CCCN=C(N)N)C(=O)N(CC(=O)O)C3CCCCC3)cc(OC)c2c1. The van der Waals surface area contributed by atoms with Gasteiger partial charge < -0.3 is 30.9 Å². The van der Waals surface area contributed by atoms with E-state index in [1.807, 2.05) is 0 Å². The average Bonchev–Trinajstić information content (AvgIpc) is 2.92. The zero-order valence-electron chi connectivity index (χ0n) is 22.3. The molecule has 0 heterocycles. The Morgan fingerprint density at radius 3 is 2.46 bits per heavy atom. The summed E-state index contributed by atoms with van der Waals surface area (Å²) in [5.74, 6) is -0.965. The van der Waals surface area contributed by atoms with Gasteiger partial charge in [0.15, 0.2) is 5.96 Å². The van der Waals surface area contributed by atoms with Crippen LogP contribution < -0.4 is 25.7 Å². The number of hydrogen-bond acceptors (Lipinski definition) is 7. The Hall–Kier alpha value is -3.58. The molecule has 1 fully saturated rings. The molecule has 0 radical (unpaired) electrons. The third-order valence-corrected chi connectivity index (χ3v) is 8.22. The van der Waals surface area contributed by atoms with E-state index in [-0.39, 0.29) is 29.9 Å². The number of sulfonamides is 1. The number of aliphatic carboxylic acids is 1. The van der Waals surface area contributed by atoms with Crippen LogP contribution in [-0.4, -0.2) is 75.7 Å². The summed E-state index contributed by atoms with van der Waals surface area (Å²) in [4.78, 5) is 30.5. The lowest BCUT2D eigenvalue weighted by Gasteiger charge is -2.35. The van der Waals surface area contributed by atoms with Gasteiger partial charge in [-0.15, -0.1) is 0 Å². The van der Waals surface area contributed by atoms with Gasteiger partial charge in [-0.3, -0.25) is 14.6 Å². The van der Waals surface area contributed by atoms with E-state index < -0.39 is 34.5 Å². The van der Waals surface area contributed by atoms with Gasteiger partial charge in [0.1, 0.15) is 24.1 Å². The minimum atomic E-state index is -4.23. The first-order valence-corrected chi connectivity index (χ1v) is 14.3. The predicted molar refractivity (Wildman–Crippen MR) is 147 cm³/mol. The zero-order chi connectivity index (χ0) is 28.6. The first-order valence-electron chi connectivity index (χ1n) is 12.8. The lowest BCUT2D eigenvalue weighted by Crippen LogP contribution is -2.53. The Morgan fingerprint density at radius 2 is 1.85 bits per heavy atom. The van der Waals surface area contributed by atoms with Gasteiger partial charge in [-0.05, 0) is 49.3 Å². The highest BCUT2D eigenvalue weighted by molar-refractivity contribution is 7.89. The van der Waals surface area contributed by atoms with Gasteiger partial charge in [0.2, 0.25) is 15.9 Å². The Labute approximate surface area is 228 Å². The highest BCUT2D eigenvalue weighted by atomic mass is 32.2. The highest BCUT2D eigenvalue weighted by Gasteiger charge is 2.34. The quantitative estimate of drug-likeness (QED) is 0.160. The third-order valence-electron chi connectivity index (χ3n) is 6.77. The molecule has 2 aromatic carbocycles. The van der Waals surface area contributed by atoms with E-state index >= 15 is 0 Å². The molecule has 1 amide bonds. The normalized spacial score (nSPS) is 14.9. The maximum absolute atomic E-state index is 13.7. The number of hydrogen-bond donors (Lipinski definition) is 4. The number of nitrogens with zero attached hydrogens (tertiary/aromatic N) is 2. The fourth-order valence-corrected chi connectivity index (χ4v) is 6.12. The van der Waals surface area contributed by atoms with Crippen LogP contribution in [0.3, 0.4) is 0 Å². The minimum Gasteiger partial charge on any atom is -0.497 e. The number of methoxy groups -OCH3 is 2. The predicted octanol–water partition coefficient (Wildman–Crippen LogP) is 1.80. The fraction of sp³-hybridized carbons (Fsp3) is 0.500. The lowest BCUT2D eigenvalue weighted by molar-refractivity contribution is -0.147. The van der Waals surface area contributed by atoms with Gasteiger partial charge >= 0.3 is 5.97 Å². The number of carboxylic acids is 1. The van der Waals surface area contributed by atoms with Crippen molar-refractivity contribution in [2.45, 2.75) is 61.9 Å². The Bertz CT molecular complexity index is 1310.